The van der Waals surface area contributed by atoms with Crippen LogP contribution in [0, 0.1) is 17.6 Å². The van der Waals surface area contributed by atoms with Gasteiger partial charge in [0.15, 0.2) is 5.13 Å². The lowest BCUT2D eigenvalue weighted by molar-refractivity contribution is -0.140. The van der Waals surface area contributed by atoms with Gasteiger partial charge in [-0.15, -0.1) is 0 Å². The van der Waals surface area contributed by atoms with E-state index >= 15 is 0 Å². The Morgan fingerprint density at radius 2 is 1.97 bits per heavy atom. The van der Waals surface area contributed by atoms with Crippen molar-refractivity contribution in [3.63, 3.8) is 0 Å². The number of benzene rings is 2. The van der Waals surface area contributed by atoms with Crippen LogP contribution in [0.3, 0.4) is 0 Å². The summed E-state index contributed by atoms with van der Waals surface area (Å²) in [6.07, 6.45) is -3.59. The number of hydrogen-bond donors (Lipinski definition) is 1. The number of nitrogens with one attached hydrogen (secondary N) is 1. The second-order valence-electron chi connectivity index (χ2n) is 7.08. The van der Waals surface area contributed by atoms with Crippen LogP contribution in [0.5, 0.6) is 0 Å². The van der Waals surface area contributed by atoms with Crippen molar-refractivity contribution in [1.29, 1.82) is 0 Å². The Balaban J connectivity index is 1.48. The van der Waals surface area contributed by atoms with Gasteiger partial charge in [-0.25, -0.2) is 13.8 Å². The monoisotopic (exact) mass is 441 g/mol. The van der Waals surface area contributed by atoms with Crippen LogP contribution >= 0.6 is 11.3 Å². The molecule has 1 N–H and O–H groups in total. The molecule has 10 heteroatoms. The Hall–Kier alpha value is -2.75. The number of thiazole rings is 1. The predicted octanol–water partition coefficient (Wildman–Crippen LogP) is 5.45. The molecule has 1 aliphatic heterocycles. The molecular formula is C20H16F5N3OS. The molecule has 3 aromatic rings. The van der Waals surface area contributed by atoms with Gasteiger partial charge in [0.25, 0.3) is 0 Å². The highest BCUT2D eigenvalue weighted by Gasteiger charge is 2.35. The van der Waals surface area contributed by atoms with Crippen LogP contribution in [-0.4, -0.2) is 24.0 Å². The van der Waals surface area contributed by atoms with E-state index < -0.39 is 29.4 Å². The first kappa shape index (κ1) is 20.5. The van der Waals surface area contributed by atoms with Gasteiger partial charge < -0.3 is 10.2 Å². The van der Waals surface area contributed by atoms with Gasteiger partial charge >= 0.3 is 6.18 Å². The highest BCUT2D eigenvalue weighted by Crippen LogP contribution is 2.34. The SMILES string of the molecule is O=C(Nc1ccc(F)c(C(F)(F)F)c1)C1CCCN(c2nc3ccc(F)cc3s2)C1. The number of amides is 1. The molecule has 1 aromatic heterocycles. The summed E-state index contributed by atoms with van der Waals surface area (Å²) in [6, 6.07) is 6.70. The maximum atomic E-state index is 13.4. The molecule has 0 radical (unpaired) electrons. The van der Waals surface area contributed by atoms with Gasteiger partial charge in [0.2, 0.25) is 5.91 Å². The van der Waals surface area contributed by atoms with Crippen molar-refractivity contribution in [2.45, 2.75) is 19.0 Å². The summed E-state index contributed by atoms with van der Waals surface area (Å²) < 4.78 is 66.2. The van der Waals surface area contributed by atoms with Crippen LogP contribution in [0.4, 0.5) is 32.8 Å². The molecule has 0 saturated carbocycles. The number of rotatable bonds is 3. The Bertz CT molecular complexity index is 1100. The topological polar surface area (TPSA) is 45.2 Å². The fourth-order valence-electron chi connectivity index (χ4n) is 3.45. The van der Waals surface area contributed by atoms with E-state index in [0.29, 0.717) is 53.4 Å². The predicted molar refractivity (Wildman–Crippen MR) is 105 cm³/mol. The second-order valence-corrected chi connectivity index (χ2v) is 8.08. The molecule has 2 heterocycles. The molecule has 1 aliphatic rings. The first-order valence-corrected chi connectivity index (χ1v) is 10.0. The minimum Gasteiger partial charge on any atom is -0.347 e. The molecule has 0 spiro atoms. The molecule has 4 nitrogen and oxygen atoms in total. The van der Waals surface area contributed by atoms with Crippen LogP contribution in [0.1, 0.15) is 18.4 Å². The van der Waals surface area contributed by atoms with E-state index in [1.54, 1.807) is 6.07 Å². The summed E-state index contributed by atoms with van der Waals surface area (Å²) >= 11 is 1.32. The zero-order chi connectivity index (χ0) is 21.5. The van der Waals surface area contributed by atoms with Crippen molar-refractivity contribution >= 4 is 38.3 Å². The first-order chi connectivity index (χ1) is 14.2. The molecule has 1 saturated heterocycles. The van der Waals surface area contributed by atoms with Crippen molar-refractivity contribution in [3.8, 4) is 0 Å². The van der Waals surface area contributed by atoms with Gasteiger partial charge in [-0.2, -0.15) is 13.2 Å². The number of carbonyl (C=O) groups excluding carboxylic acids is 1. The third kappa shape index (κ3) is 4.23. The van der Waals surface area contributed by atoms with E-state index in [2.05, 4.69) is 10.3 Å². The van der Waals surface area contributed by atoms with Gasteiger partial charge in [-0.1, -0.05) is 11.3 Å². The van der Waals surface area contributed by atoms with Crippen molar-refractivity contribution < 1.29 is 26.7 Å². The zero-order valence-electron chi connectivity index (χ0n) is 15.5. The van der Waals surface area contributed by atoms with E-state index in [0.717, 1.165) is 6.07 Å². The summed E-state index contributed by atoms with van der Waals surface area (Å²) in [7, 11) is 0. The van der Waals surface area contributed by atoms with E-state index in [9.17, 15) is 26.7 Å². The molecule has 0 aliphatic carbocycles. The Kier molecular flexibility index (Phi) is 5.35. The second kappa shape index (κ2) is 7.82. The van der Waals surface area contributed by atoms with Gasteiger partial charge in [0.1, 0.15) is 11.6 Å². The Morgan fingerprint density at radius 1 is 1.17 bits per heavy atom. The average Bonchev–Trinajstić information content (AvgIpc) is 3.12. The highest BCUT2D eigenvalue weighted by molar-refractivity contribution is 7.22. The van der Waals surface area contributed by atoms with Crippen molar-refractivity contribution in [3.05, 3.63) is 53.6 Å². The fraction of sp³-hybridized carbons (Fsp3) is 0.300. The van der Waals surface area contributed by atoms with Crippen LogP contribution in [0.25, 0.3) is 10.2 Å². The number of piperidine rings is 1. The van der Waals surface area contributed by atoms with Crippen molar-refractivity contribution in [1.82, 2.24) is 4.98 Å². The maximum absolute atomic E-state index is 13.4. The van der Waals surface area contributed by atoms with E-state index in [-0.39, 0.29) is 11.5 Å². The number of hydrogen-bond acceptors (Lipinski definition) is 4. The van der Waals surface area contributed by atoms with Gasteiger partial charge in [-0.05, 0) is 49.2 Å². The minimum atomic E-state index is -4.85. The molecule has 1 amide bonds. The Labute approximate surface area is 172 Å². The number of aromatic nitrogens is 1. The van der Waals surface area contributed by atoms with E-state index in [1.807, 2.05) is 4.90 Å². The number of fused-ring (bicyclic) bond motifs is 1. The van der Waals surface area contributed by atoms with Gasteiger partial charge in [0, 0.05) is 18.8 Å². The zero-order valence-corrected chi connectivity index (χ0v) is 16.3. The van der Waals surface area contributed by atoms with E-state index in [4.69, 9.17) is 0 Å². The molecule has 1 atom stereocenters. The van der Waals surface area contributed by atoms with Crippen molar-refractivity contribution in [2.24, 2.45) is 5.92 Å². The summed E-state index contributed by atoms with van der Waals surface area (Å²) in [4.78, 5) is 19.0. The number of alkyl halides is 3. The maximum Gasteiger partial charge on any atom is 0.419 e. The highest BCUT2D eigenvalue weighted by atomic mass is 32.1. The number of anilines is 2. The standard InChI is InChI=1S/C20H16F5N3OS/c21-12-3-6-16-17(8-12)30-19(27-16)28-7-1-2-11(10-28)18(29)26-13-4-5-15(22)14(9-13)20(23,24)25/h3-6,8-9,11H,1-2,7,10H2,(H,26,29). The number of halogens is 5. The lowest BCUT2D eigenvalue weighted by atomic mass is 9.97. The fourth-order valence-corrected chi connectivity index (χ4v) is 4.48. The van der Waals surface area contributed by atoms with Crippen LogP contribution in [-0.2, 0) is 11.0 Å². The average molecular weight is 441 g/mol. The lowest BCUT2D eigenvalue weighted by Gasteiger charge is -2.31. The number of nitrogens with zero attached hydrogens (tertiary/aromatic N) is 2. The summed E-state index contributed by atoms with van der Waals surface area (Å²) in [5, 5.41) is 3.12. The molecule has 1 fully saturated rings. The van der Waals surface area contributed by atoms with E-state index in [1.165, 1.54) is 23.5 Å². The smallest absolute Gasteiger partial charge is 0.347 e. The normalized spacial score (nSPS) is 17.4. The minimum absolute atomic E-state index is 0.110. The van der Waals surface area contributed by atoms with Crippen molar-refractivity contribution in [2.75, 3.05) is 23.3 Å². The third-order valence-electron chi connectivity index (χ3n) is 4.94. The third-order valence-corrected chi connectivity index (χ3v) is 6.02. The van der Waals surface area contributed by atoms with Gasteiger partial charge in [-0.3, -0.25) is 4.79 Å². The molecule has 158 valence electrons. The molecule has 0 bridgehead atoms. The Morgan fingerprint density at radius 3 is 2.73 bits per heavy atom. The number of carbonyl (C=O) groups is 1. The summed E-state index contributed by atoms with van der Waals surface area (Å²) in [5.74, 6) is -2.66. The largest absolute Gasteiger partial charge is 0.419 e. The molecule has 30 heavy (non-hydrogen) atoms. The molecule has 4 rings (SSSR count). The summed E-state index contributed by atoms with van der Waals surface area (Å²) in [6.45, 7) is 1.00. The molecule has 2 aromatic carbocycles. The quantitative estimate of drug-likeness (QED) is 0.550. The van der Waals surface area contributed by atoms with Crippen LogP contribution < -0.4 is 10.2 Å². The lowest BCUT2D eigenvalue weighted by Crippen LogP contribution is -2.40. The molecular weight excluding hydrogens is 425 g/mol. The van der Waals surface area contributed by atoms with Crippen LogP contribution in [0.2, 0.25) is 0 Å². The van der Waals surface area contributed by atoms with Gasteiger partial charge in [0.05, 0.1) is 21.7 Å². The first-order valence-electron chi connectivity index (χ1n) is 9.19. The molecule has 1 unspecified atom stereocenters. The summed E-state index contributed by atoms with van der Waals surface area (Å²) in [5.41, 5.74) is -0.873. The van der Waals surface area contributed by atoms with Crippen LogP contribution in [0.15, 0.2) is 36.4 Å².